The standard InChI is InChI=1S/C24H29N3O6S/c28-23(25-19-7-3-1-4-8-19)18-33-24(29)21-17-20(34(30,31)27-13-15-32-16-14-27)9-10-22(21)26-11-5-2-6-12-26/h1,3-4,7-10,17H,2,5-6,11-16,18H2,(H,25,28). The van der Waals surface area contributed by atoms with Gasteiger partial charge in [-0.1, -0.05) is 18.2 Å². The third kappa shape index (κ3) is 5.75. The molecule has 2 aliphatic heterocycles. The van der Waals surface area contributed by atoms with E-state index in [0.29, 0.717) is 24.6 Å². The van der Waals surface area contributed by atoms with Crippen molar-refractivity contribution in [3.63, 3.8) is 0 Å². The van der Waals surface area contributed by atoms with Crippen LogP contribution in [0.4, 0.5) is 11.4 Å². The van der Waals surface area contributed by atoms with Crippen LogP contribution < -0.4 is 10.2 Å². The number of para-hydroxylation sites is 1. The Morgan fingerprint density at radius 1 is 0.941 bits per heavy atom. The SMILES string of the molecule is O=C(COC(=O)c1cc(S(=O)(=O)N2CCOCC2)ccc1N1CCCCC1)Nc1ccccc1. The van der Waals surface area contributed by atoms with Gasteiger partial charge in [-0.2, -0.15) is 4.31 Å². The fourth-order valence-corrected chi connectivity index (χ4v) is 5.55. The number of rotatable bonds is 7. The summed E-state index contributed by atoms with van der Waals surface area (Å²) >= 11 is 0. The van der Waals surface area contributed by atoms with Gasteiger partial charge in [-0.3, -0.25) is 4.79 Å². The van der Waals surface area contributed by atoms with Crippen molar-refractivity contribution in [1.82, 2.24) is 4.31 Å². The van der Waals surface area contributed by atoms with Crippen LogP contribution in [-0.4, -0.2) is 70.6 Å². The van der Waals surface area contributed by atoms with Crippen LogP contribution in [0.25, 0.3) is 0 Å². The summed E-state index contributed by atoms with van der Waals surface area (Å²) in [6.07, 6.45) is 3.09. The Balaban J connectivity index is 1.55. The van der Waals surface area contributed by atoms with Gasteiger partial charge in [-0.25, -0.2) is 13.2 Å². The van der Waals surface area contributed by atoms with Crippen LogP contribution in [0.3, 0.4) is 0 Å². The van der Waals surface area contributed by atoms with Gasteiger partial charge in [-0.05, 0) is 49.6 Å². The molecular formula is C24H29N3O6S. The van der Waals surface area contributed by atoms with Crippen molar-refractivity contribution in [2.75, 3.05) is 56.2 Å². The van der Waals surface area contributed by atoms with Crippen LogP contribution >= 0.6 is 0 Å². The molecule has 2 saturated heterocycles. The summed E-state index contributed by atoms with van der Waals surface area (Å²) in [6, 6.07) is 13.4. The molecule has 2 aliphatic rings. The molecule has 0 atom stereocenters. The highest BCUT2D eigenvalue weighted by Gasteiger charge is 2.29. The van der Waals surface area contributed by atoms with E-state index in [9.17, 15) is 18.0 Å². The van der Waals surface area contributed by atoms with Crippen LogP contribution in [0.5, 0.6) is 0 Å². The smallest absolute Gasteiger partial charge is 0.340 e. The van der Waals surface area contributed by atoms with Crippen molar-refractivity contribution in [3.8, 4) is 0 Å². The minimum absolute atomic E-state index is 0.0239. The molecule has 0 radical (unpaired) electrons. The zero-order chi connectivity index (χ0) is 24.0. The van der Waals surface area contributed by atoms with E-state index in [2.05, 4.69) is 10.2 Å². The summed E-state index contributed by atoms with van der Waals surface area (Å²) < 4.78 is 38.2. The Morgan fingerprint density at radius 2 is 1.65 bits per heavy atom. The first kappa shape index (κ1) is 24.2. The van der Waals surface area contributed by atoms with Crippen molar-refractivity contribution < 1.29 is 27.5 Å². The number of anilines is 2. The van der Waals surface area contributed by atoms with Crippen molar-refractivity contribution in [3.05, 3.63) is 54.1 Å². The maximum atomic E-state index is 13.2. The van der Waals surface area contributed by atoms with Crippen molar-refractivity contribution in [1.29, 1.82) is 0 Å². The Hall–Kier alpha value is -2.95. The van der Waals surface area contributed by atoms with E-state index in [1.807, 2.05) is 6.07 Å². The summed E-state index contributed by atoms with van der Waals surface area (Å²) in [6.45, 7) is 2.24. The first-order chi connectivity index (χ1) is 16.4. The molecule has 4 rings (SSSR count). The number of nitrogens with zero attached hydrogens (tertiary/aromatic N) is 2. The van der Waals surface area contributed by atoms with Crippen LogP contribution in [-0.2, 0) is 24.3 Å². The molecule has 34 heavy (non-hydrogen) atoms. The molecule has 0 bridgehead atoms. The van der Waals surface area contributed by atoms with Gasteiger partial charge in [-0.15, -0.1) is 0 Å². The molecule has 10 heteroatoms. The average molecular weight is 488 g/mol. The minimum atomic E-state index is -3.79. The number of nitrogens with one attached hydrogen (secondary N) is 1. The van der Waals surface area contributed by atoms with E-state index >= 15 is 0 Å². The lowest BCUT2D eigenvalue weighted by atomic mass is 10.1. The summed E-state index contributed by atoms with van der Waals surface area (Å²) in [5.41, 5.74) is 1.36. The zero-order valence-electron chi connectivity index (χ0n) is 18.9. The molecule has 2 aromatic carbocycles. The summed E-state index contributed by atoms with van der Waals surface area (Å²) in [5.74, 6) is -1.21. The molecule has 2 fully saturated rings. The third-order valence-electron chi connectivity index (χ3n) is 5.88. The van der Waals surface area contributed by atoms with Crippen molar-refractivity contribution in [2.45, 2.75) is 24.2 Å². The Morgan fingerprint density at radius 3 is 2.35 bits per heavy atom. The monoisotopic (exact) mass is 487 g/mol. The van der Waals surface area contributed by atoms with Gasteiger partial charge in [0.1, 0.15) is 0 Å². The topological polar surface area (TPSA) is 105 Å². The third-order valence-corrected chi connectivity index (χ3v) is 7.78. The quantitative estimate of drug-likeness (QED) is 0.598. The molecule has 2 heterocycles. The van der Waals surface area contributed by atoms with Gasteiger partial charge in [0.15, 0.2) is 6.61 Å². The number of ether oxygens (including phenoxy) is 2. The highest BCUT2D eigenvalue weighted by Crippen LogP contribution is 2.29. The predicted octanol–water partition coefficient (Wildman–Crippen LogP) is 2.49. The number of hydrogen-bond acceptors (Lipinski definition) is 7. The lowest BCUT2D eigenvalue weighted by molar-refractivity contribution is -0.119. The number of morpholine rings is 1. The maximum absolute atomic E-state index is 13.2. The molecule has 1 N–H and O–H groups in total. The molecule has 0 aliphatic carbocycles. The fraction of sp³-hybridized carbons (Fsp3) is 0.417. The number of hydrogen-bond donors (Lipinski definition) is 1. The number of benzene rings is 2. The van der Waals surface area contributed by atoms with E-state index in [4.69, 9.17) is 9.47 Å². The first-order valence-corrected chi connectivity index (χ1v) is 12.9. The first-order valence-electron chi connectivity index (χ1n) is 11.4. The van der Waals surface area contributed by atoms with Gasteiger partial charge in [0.2, 0.25) is 10.0 Å². The van der Waals surface area contributed by atoms with Crippen LogP contribution in [0.1, 0.15) is 29.6 Å². The number of sulfonamides is 1. The van der Waals surface area contributed by atoms with Crippen molar-refractivity contribution in [2.24, 2.45) is 0 Å². The molecule has 9 nitrogen and oxygen atoms in total. The number of piperidine rings is 1. The highest BCUT2D eigenvalue weighted by molar-refractivity contribution is 7.89. The van der Waals surface area contributed by atoms with Gasteiger partial charge in [0.25, 0.3) is 5.91 Å². The molecule has 0 saturated carbocycles. The number of carbonyl (C=O) groups is 2. The number of amides is 1. The average Bonchev–Trinajstić information content (AvgIpc) is 2.88. The van der Waals surface area contributed by atoms with Crippen LogP contribution in [0, 0.1) is 0 Å². The second-order valence-electron chi connectivity index (χ2n) is 8.23. The number of esters is 1. The lowest BCUT2D eigenvalue weighted by Gasteiger charge is -2.31. The fourth-order valence-electron chi connectivity index (χ4n) is 4.11. The van der Waals surface area contributed by atoms with Crippen molar-refractivity contribution >= 4 is 33.3 Å². The Bertz CT molecular complexity index is 1110. The zero-order valence-corrected chi connectivity index (χ0v) is 19.8. The van der Waals surface area contributed by atoms with E-state index in [0.717, 1.165) is 32.4 Å². The van der Waals surface area contributed by atoms with Crippen LogP contribution in [0.2, 0.25) is 0 Å². The Kier molecular flexibility index (Phi) is 7.81. The van der Waals surface area contributed by atoms with Gasteiger partial charge in [0, 0.05) is 31.9 Å². The lowest BCUT2D eigenvalue weighted by Crippen LogP contribution is -2.40. The molecule has 182 valence electrons. The molecule has 0 aromatic heterocycles. The Labute approximate surface area is 199 Å². The second-order valence-corrected chi connectivity index (χ2v) is 10.2. The second kappa shape index (κ2) is 11.0. The predicted molar refractivity (Wildman–Crippen MR) is 127 cm³/mol. The van der Waals surface area contributed by atoms with Gasteiger partial charge >= 0.3 is 5.97 Å². The van der Waals surface area contributed by atoms with E-state index < -0.39 is 28.5 Å². The van der Waals surface area contributed by atoms with Crippen LogP contribution in [0.15, 0.2) is 53.4 Å². The van der Waals surface area contributed by atoms with E-state index in [-0.39, 0.29) is 23.5 Å². The molecule has 0 spiro atoms. The molecular weight excluding hydrogens is 458 g/mol. The summed E-state index contributed by atoms with van der Waals surface area (Å²) in [7, 11) is -3.79. The highest BCUT2D eigenvalue weighted by atomic mass is 32.2. The van der Waals surface area contributed by atoms with Gasteiger partial charge in [0.05, 0.1) is 29.4 Å². The van der Waals surface area contributed by atoms with Gasteiger partial charge < -0.3 is 19.7 Å². The maximum Gasteiger partial charge on any atom is 0.340 e. The summed E-state index contributed by atoms with van der Waals surface area (Å²) in [4.78, 5) is 27.4. The molecule has 2 aromatic rings. The molecule has 0 unspecified atom stereocenters. The molecule has 1 amide bonds. The normalized spacial score (nSPS) is 17.2. The van der Waals surface area contributed by atoms with E-state index in [1.54, 1.807) is 30.3 Å². The summed E-state index contributed by atoms with van der Waals surface area (Å²) in [5, 5.41) is 2.66. The number of carbonyl (C=O) groups excluding carboxylic acids is 2. The minimum Gasteiger partial charge on any atom is -0.452 e. The van der Waals surface area contributed by atoms with E-state index in [1.165, 1.54) is 16.4 Å². The largest absolute Gasteiger partial charge is 0.452 e.